The van der Waals surface area contributed by atoms with E-state index < -0.39 is 11.5 Å². The lowest BCUT2D eigenvalue weighted by atomic mass is 9.86. The molecule has 7 heteroatoms. The zero-order chi connectivity index (χ0) is 20.8. The molecule has 3 aromatic rings. The van der Waals surface area contributed by atoms with E-state index in [1.165, 1.54) is 11.8 Å². The third-order valence-electron chi connectivity index (χ3n) is 5.16. The summed E-state index contributed by atoms with van der Waals surface area (Å²) in [7, 11) is 0. The number of rotatable bonds is 5. The Hall–Kier alpha value is -3.32. The highest BCUT2D eigenvalue weighted by molar-refractivity contribution is 6.09. The molecule has 0 radical (unpaired) electrons. The summed E-state index contributed by atoms with van der Waals surface area (Å²) >= 11 is 0. The Labute approximate surface area is 168 Å². The van der Waals surface area contributed by atoms with Crippen molar-refractivity contribution in [2.24, 2.45) is 0 Å². The Morgan fingerprint density at radius 2 is 1.79 bits per heavy atom. The second-order valence-corrected chi connectivity index (χ2v) is 7.42. The Morgan fingerprint density at radius 1 is 1.10 bits per heavy atom. The molecule has 0 saturated heterocycles. The average Bonchev–Trinajstić information content (AvgIpc) is 3.23. The van der Waals surface area contributed by atoms with Gasteiger partial charge in [-0.15, -0.1) is 10.2 Å². The van der Waals surface area contributed by atoms with Gasteiger partial charge in [-0.3, -0.25) is 14.5 Å². The maximum atomic E-state index is 13.2. The van der Waals surface area contributed by atoms with Crippen molar-refractivity contribution in [1.82, 2.24) is 10.2 Å². The fourth-order valence-electron chi connectivity index (χ4n) is 3.92. The van der Waals surface area contributed by atoms with Crippen LogP contribution < -0.4 is 4.90 Å². The molecule has 1 aliphatic rings. The molecule has 1 aliphatic heterocycles. The van der Waals surface area contributed by atoms with Gasteiger partial charge in [-0.1, -0.05) is 30.3 Å². The number of carbonyl (C=O) groups is 2. The van der Waals surface area contributed by atoms with Crippen LogP contribution in [0.15, 0.2) is 46.9 Å². The summed E-state index contributed by atoms with van der Waals surface area (Å²) < 4.78 is 5.75. The van der Waals surface area contributed by atoms with E-state index in [1.807, 2.05) is 56.3 Å². The highest BCUT2D eigenvalue weighted by Crippen LogP contribution is 2.46. The lowest BCUT2D eigenvalue weighted by Crippen LogP contribution is -2.41. The Balaban J connectivity index is 1.74. The second-order valence-electron chi connectivity index (χ2n) is 7.42. The molecule has 7 nitrogen and oxygen atoms in total. The Bertz CT molecular complexity index is 1110. The zero-order valence-electron chi connectivity index (χ0n) is 16.5. The van der Waals surface area contributed by atoms with Crippen LogP contribution in [0, 0.1) is 13.8 Å². The zero-order valence-corrected chi connectivity index (χ0v) is 16.5. The van der Waals surface area contributed by atoms with Crippen molar-refractivity contribution < 1.29 is 19.1 Å². The molecule has 1 N–H and O–H groups in total. The Morgan fingerprint density at radius 3 is 2.48 bits per heavy atom. The van der Waals surface area contributed by atoms with Gasteiger partial charge in [-0.25, -0.2) is 0 Å². The number of aromatic nitrogens is 2. The van der Waals surface area contributed by atoms with E-state index >= 15 is 0 Å². The first kappa shape index (κ1) is 19.0. The molecule has 1 aromatic heterocycles. The summed E-state index contributed by atoms with van der Waals surface area (Å²) in [6.45, 7) is 5.06. The maximum absolute atomic E-state index is 13.2. The predicted octanol–water partition coefficient (Wildman–Crippen LogP) is 3.07. The fourth-order valence-corrected chi connectivity index (χ4v) is 3.92. The van der Waals surface area contributed by atoms with E-state index in [1.54, 1.807) is 0 Å². The first-order chi connectivity index (χ1) is 13.8. The molecule has 2 aromatic carbocycles. The van der Waals surface area contributed by atoms with Crippen LogP contribution in [0.1, 0.15) is 35.9 Å². The van der Waals surface area contributed by atoms with Crippen molar-refractivity contribution in [3.8, 4) is 11.5 Å². The lowest BCUT2D eigenvalue weighted by molar-refractivity contribution is -0.141. The molecule has 0 fully saturated rings. The average molecular weight is 391 g/mol. The number of Topliss-reactive ketones (excluding diaryl/α,β-unsaturated/α-hetero) is 1. The number of anilines is 1. The van der Waals surface area contributed by atoms with Crippen molar-refractivity contribution >= 4 is 17.4 Å². The molecule has 4 rings (SSSR count). The molecule has 2 heterocycles. The monoisotopic (exact) mass is 391 g/mol. The van der Waals surface area contributed by atoms with Crippen molar-refractivity contribution in [2.75, 3.05) is 4.90 Å². The van der Waals surface area contributed by atoms with Gasteiger partial charge in [0, 0.05) is 17.5 Å². The van der Waals surface area contributed by atoms with Gasteiger partial charge >= 0.3 is 0 Å². The van der Waals surface area contributed by atoms with Crippen molar-refractivity contribution in [2.45, 2.75) is 39.3 Å². The second kappa shape index (κ2) is 6.93. The summed E-state index contributed by atoms with van der Waals surface area (Å²) in [5, 5.41) is 19.4. The van der Waals surface area contributed by atoms with Crippen LogP contribution >= 0.6 is 0 Å². The van der Waals surface area contributed by atoms with Crippen LogP contribution in [-0.4, -0.2) is 27.0 Å². The molecule has 148 valence electrons. The van der Waals surface area contributed by atoms with E-state index in [4.69, 9.17) is 4.42 Å². The Kier molecular flexibility index (Phi) is 4.55. The van der Waals surface area contributed by atoms with E-state index in [2.05, 4.69) is 10.2 Å². The fraction of sp³-hybridized carbons (Fsp3) is 0.273. The first-order valence-electron chi connectivity index (χ1n) is 9.33. The smallest absolute Gasteiger partial charge is 0.264 e. The SMILES string of the molecule is CC(=O)CC1(O)C(=O)N(Cc2nnc(-c3ccccc3)o2)c2c(C)ccc(C)c21. The van der Waals surface area contributed by atoms with E-state index in [-0.39, 0.29) is 24.6 Å². The van der Waals surface area contributed by atoms with E-state index in [0.717, 1.165) is 16.7 Å². The van der Waals surface area contributed by atoms with Crippen molar-refractivity contribution in [3.05, 3.63) is 65.0 Å². The van der Waals surface area contributed by atoms with Crippen LogP contribution in [-0.2, 0) is 21.7 Å². The summed E-state index contributed by atoms with van der Waals surface area (Å²) in [4.78, 5) is 26.5. The summed E-state index contributed by atoms with van der Waals surface area (Å²) in [5.74, 6) is -0.221. The van der Waals surface area contributed by atoms with Gasteiger partial charge in [-0.2, -0.15) is 0 Å². The summed E-state index contributed by atoms with van der Waals surface area (Å²) in [6, 6.07) is 13.1. The molecule has 29 heavy (non-hydrogen) atoms. The first-order valence-corrected chi connectivity index (χ1v) is 9.33. The third-order valence-corrected chi connectivity index (χ3v) is 5.16. The number of fused-ring (bicyclic) bond motifs is 1. The van der Waals surface area contributed by atoms with Gasteiger partial charge in [0.15, 0.2) is 5.60 Å². The largest absolute Gasteiger partial charge is 0.419 e. The van der Waals surface area contributed by atoms with Crippen LogP contribution in [0.5, 0.6) is 0 Å². The molecule has 1 amide bonds. The number of amides is 1. The number of nitrogens with zero attached hydrogens (tertiary/aromatic N) is 3. The minimum Gasteiger partial charge on any atom is -0.419 e. The molecule has 1 unspecified atom stereocenters. The minimum absolute atomic E-state index is 0.0101. The number of hydrogen-bond acceptors (Lipinski definition) is 6. The van der Waals surface area contributed by atoms with Gasteiger partial charge in [0.2, 0.25) is 11.8 Å². The molecule has 0 aliphatic carbocycles. The minimum atomic E-state index is -1.89. The molecular formula is C22H21N3O4. The molecule has 0 spiro atoms. The van der Waals surface area contributed by atoms with Crippen molar-refractivity contribution in [3.63, 3.8) is 0 Å². The highest BCUT2D eigenvalue weighted by Gasteiger charge is 2.52. The van der Waals surface area contributed by atoms with Crippen LogP contribution in [0.25, 0.3) is 11.5 Å². The molecule has 0 saturated carbocycles. The quantitative estimate of drug-likeness (QED) is 0.718. The third kappa shape index (κ3) is 3.13. The number of benzene rings is 2. The molecule has 1 atom stereocenters. The van der Waals surface area contributed by atoms with E-state index in [9.17, 15) is 14.7 Å². The van der Waals surface area contributed by atoms with Gasteiger partial charge < -0.3 is 9.52 Å². The standard InChI is InChI=1S/C22H21N3O4/c1-13-9-10-14(2)19-18(13)22(28,11-15(3)26)21(27)25(19)12-17-23-24-20(29-17)16-7-5-4-6-8-16/h4-10,28H,11-12H2,1-3H3. The number of aliphatic hydroxyl groups is 1. The topological polar surface area (TPSA) is 96.5 Å². The lowest BCUT2D eigenvalue weighted by Gasteiger charge is -2.22. The number of hydrogen-bond donors (Lipinski definition) is 1. The number of carbonyl (C=O) groups excluding carboxylic acids is 2. The van der Waals surface area contributed by atoms with Crippen LogP contribution in [0.3, 0.4) is 0 Å². The normalized spacial score (nSPS) is 18.2. The van der Waals surface area contributed by atoms with Crippen molar-refractivity contribution in [1.29, 1.82) is 0 Å². The summed E-state index contributed by atoms with van der Waals surface area (Å²) in [5.41, 5.74) is 1.53. The molecular weight excluding hydrogens is 370 g/mol. The summed E-state index contributed by atoms with van der Waals surface area (Å²) in [6.07, 6.45) is -0.279. The van der Waals surface area contributed by atoms with Crippen LogP contribution in [0.2, 0.25) is 0 Å². The maximum Gasteiger partial charge on any atom is 0.264 e. The molecule has 0 bridgehead atoms. The van der Waals surface area contributed by atoms with Gasteiger partial charge in [0.25, 0.3) is 5.91 Å². The van der Waals surface area contributed by atoms with Gasteiger partial charge in [0.05, 0.1) is 5.69 Å². The predicted molar refractivity (Wildman–Crippen MR) is 106 cm³/mol. The highest BCUT2D eigenvalue weighted by atomic mass is 16.4. The van der Waals surface area contributed by atoms with Crippen LogP contribution in [0.4, 0.5) is 5.69 Å². The van der Waals surface area contributed by atoms with E-state index in [0.29, 0.717) is 17.1 Å². The number of aryl methyl sites for hydroxylation is 2. The van der Waals surface area contributed by atoms with Gasteiger partial charge in [0.1, 0.15) is 12.3 Å². The van der Waals surface area contributed by atoms with Gasteiger partial charge in [-0.05, 0) is 44.0 Å². The number of ketones is 1.